The van der Waals surface area contributed by atoms with Crippen LogP contribution >= 0.6 is 0 Å². The lowest BCUT2D eigenvalue weighted by molar-refractivity contribution is -0.127. The van der Waals surface area contributed by atoms with E-state index in [1.54, 1.807) is 0 Å². The quantitative estimate of drug-likeness (QED) is 0.894. The molecule has 1 fully saturated rings. The molecule has 126 valence electrons. The second-order valence-electron chi connectivity index (χ2n) is 7.06. The Morgan fingerprint density at radius 2 is 2.04 bits per heavy atom. The lowest BCUT2D eigenvalue weighted by Crippen LogP contribution is -2.52. The van der Waals surface area contributed by atoms with Gasteiger partial charge in [0.2, 0.25) is 5.91 Å². The van der Waals surface area contributed by atoms with Gasteiger partial charge in [-0.15, -0.1) is 0 Å². The highest BCUT2D eigenvalue weighted by atomic mass is 16.2. The summed E-state index contributed by atoms with van der Waals surface area (Å²) in [7, 11) is 0. The summed E-state index contributed by atoms with van der Waals surface area (Å²) in [6, 6.07) is 8.74. The fourth-order valence-corrected chi connectivity index (χ4v) is 4.00. The van der Waals surface area contributed by atoms with Gasteiger partial charge in [-0.25, -0.2) is 0 Å². The molecule has 3 atom stereocenters. The van der Waals surface area contributed by atoms with E-state index in [-0.39, 0.29) is 18.0 Å². The number of fused-ring (bicyclic) bond motifs is 1. The molecule has 3 N–H and O–H groups in total. The van der Waals surface area contributed by atoms with Gasteiger partial charge in [-0.3, -0.25) is 9.69 Å². The van der Waals surface area contributed by atoms with Gasteiger partial charge >= 0.3 is 0 Å². The first kappa shape index (κ1) is 16.5. The van der Waals surface area contributed by atoms with Crippen LogP contribution in [-0.2, 0) is 17.8 Å². The van der Waals surface area contributed by atoms with Crippen molar-refractivity contribution in [1.29, 1.82) is 0 Å². The molecule has 4 heteroatoms. The van der Waals surface area contributed by atoms with Crippen LogP contribution in [0.2, 0.25) is 0 Å². The molecule has 3 unspecified atom stereocenters. The molecular formula is C19H29N3O. The number of nitrogens with one attached hydrogen (secondary N) is 1. The van der Waals surface area contributed by atoms with Crippen LogP contribution in [0.15, 0.2) is 24.3 Å². The highest BCUT2D eigenvalue weighted by molar-refractivity contribution is 5.81. The SMILES string of the molecule is CC(C(=O)NC1CCCCC1CN)N1CCc2ccccc2C1. The third-order valence-corrected chi connectivity index (χ3v) is 5.63. The monoisotopic (exact) mass is 315 g/mol. The maximum absolute atomic E-state index is 12.7. The number of nitrogens with zero attached hydrogens (tertiary/aromatic N) is 1. The van der Waals surface area contributed by atoms with Crippen LogP contribution in [0.4, 0.5) is 0 Å². The first-order valence-electron chi connectivity index (χ1n) is 9.00. The van der Waals surface area contributed by atoms with Gasteiger partial charge in [0, 0.05) is 19.1 Å². The van der Waals surface area contributed by atoms with Crippen LogP contribution in [0, 0.1) is 5.92 Å². The van der Waals surface area contributed by atoms with Crippen molar-refractivity contribution in [2.24, 2.45) is 11.7 Å². The Bertz CT molecular complexity index is 545. The van der Waals surface area contributed by atoms with E-state index in [0.717, 1.165) is 32.4 Å². The molecule has 1 amide bonds. The molecule has 23 heavy (non-hydrogen) atoms. The fraction of sp³-hybridized carbons (Fsp3) is 0.632. The third kappa shape index (κ3) is 3.75. The molecule has 0 aromatic heterocycles. The fourth-order valence-electron chi connectivity index (χ4n) is 4.00. The van der Waals surface area contributed by atoms with Crippen LogP contribution in [0.3, 0.4) is 0 Å². The number of rotatable bonds is 4. The Hall–Kier alpha value is -1.39. The molecule has 1 aromatic carbocycles. The number of carbonyl (C=O) groups is 1. The molecule has 3 rings (SSSR count). The Morgan fingerprint density at radius 3 is 2.83 bits per heavy atom. The van der Waals surface area contributed by atoms with Gasteiger partial charge < -0.3 is 11.1 Å². The predicted molar refractivity (Wildman–Crippen MR) is 93.0 cm³/mol. The molecule has 0 radical (unpaired) electrons. The van der Waals surface area contributed by atoms with Crippen molar-refractivity contribution < 1.29 is 4.79 Å². The highest BCUT2D eigenvalue weighted by Gasteiger charge is 2.30. The van der Waals surface area contributed by atoms with E-state index in [4.69, 9.17) is 5.73 Å². The van der Waals surface area contributed by atoms with Crippen LogP contribution < -0.4 is 11.1 Å². The van der Waals surface area contributed by atoms with Gasteiger partial charge in [0.05, 0.1) is 6.04 Å². The van der Waals surface area contributed by atoms with Crippen LogP contribution in [0.5, 0.6) is 0 Å². The van der Waals surface area contributed by atoms with E-state index >= 15 is 0 Å². The van der Waals surface area contributed by atoms with Gasteiger partial charge in [0.15, 0.2) is 0 Å². The van der Waals surface area contributed by atoms with Gasteiger partial charge in [0.1, 0.15) is 0 Å². The van der Waals surface area contributed by atoms with Gasteiger partial charge in [0.25, 0.3) is 0 Å². The average molecular weight is 315 g/mol. The lowest BCUT2D eigenvalue weighted by Gasteiger charge is -2.36. The molecule has 1 heterocycles. The van der Waals surface area contributed by atoms with Crippen molar-refractivity contribution in [3.05, 3.63) is 35.4 Å². The topological polar surface area (TPSA) is 58.4 Å². The second kappa shape index (κ2) is 7.45. The van der Waals surface area contributed by atoms with Crippen molar-refractivity contribution in [3.8, 4) is 0 Å². The molecule has 0 spiro atoms. The van der Waals surface area contributed by atoms with E-state index in [1.807, 2.05) is 6.92 Å². The third-order valence-electron chi connectivity index (χ3n) is 5.63. The van der Waals surface area contributed by atoms with Gasteiger partial charge in [-0.2, -0.15) is 0 Å². The molecule has 4 nitrogen and oxygen atoms in total. The van der Waals surface area contributed by atoms with E-state index in [2.05, 4.69) is 34.5 Å². The summed E-state index contributed by atoms with van der Waals surface area (Å²) in [6.45, 7) is 4.53. The summed E-state index contributed by atoms with van der Waals surface area (Å²) in [4.78, 5) is 15.0. The van der Waals surface area contributed by atoms with Crippen molar-refractivity contribution >= 4 is 5.91 Å². The molecule has 1 saturated carbocycles. The summed E-state index contributed by atoms with van der Waals surface area (Å²) in [6.07, 6.45) is 5.69. The zero-order chi connectivity index (χ0) is 16.2. The van der Waals surface area contributed by atoms with E-state index in [9.17, 15) is 4.79 Å². The number of carbonyl (C=O) groups excluding carboxylic acids is 1. The number of benzene rings is 1. The predicted octanol–water partition coefficient (Wildman–Crippen LogP) is 2.07. The lowest BCUT2D eigenvalue weighted by atomic mass is 9.84. The first-order chi connectivity index (χ1) is 11.2. The van der Waals surface area contributed by atoms with Crippen LogP contribution in [-0.4, -0.2) is 36.0 Å². The number of amides is 1. The maximum atomic E-state index is 12.7. The first-order valence-corrected chi connectivity index (χ1v) is 9.00. The minimum absolute atomic E-state index is 0.0799. The van der Waals surface area contributed by atoms with Gasteiger partial charge in [-0.1, -0.05) is 37.1 Å². The number of hydrogen-bond donors (Lipinski definition) is 2. The molecule has 0 bridgehead atoms. The largest absolute Gasteiger partial charge is 0.352 e. The molecule has 1 aromatic rings. The average Bonchev–Trinajstić information content (AvgIpc) is 2.61. The number of hydrogen-bond acceptors (Lipinski definition) is 3. The summed E-state index contributed by atoms with van der Waals surface area (Å²) >= 11 is 0. The highest BCUT2D eigenvalue weighted by Crippen LogP contribution is 2.24. The minimum Gasteiger partial charge on any atom is -0.352 e. The smallest absolute Gasteiger partial charge is 0.237 e. The molecule has 1 aliphatic carbocycles. The minimum atomic E-state index is -0.0799. The van der Waals surface area contributed by atoms with Crippen LogP contribution in [0.25, 0.3) is 0 Å². The van der Waals surface area contributed by atoms with Crippen LogP contribution in [0.1, 0.15) is 43.7 Å². The van der Waals surface area contributed by atoms with E-state index in [1.165, 1.54) is 24.0 Å². The van der Waals surface area contributed by atoms with Crippen molar-refractivity contribution in [1.82, 2.24) is 10.2 Å². The Balaban J connectivity index is 1.59. The zero-order valence-corrected chi connectivity index (χ0v) is 14.1. The molecule has 1 aliphatic heterocycles. The van der Waals surface area contributed by atoms with Crippen molar-refractivity contribution in [3.63, 3.8) is 0 Å². The summed E-state index contributed by atoms with van der Waals surface area (Å²) < 4.78 is 0. The maximum Gasteiger partial charge on any atom is 0.237 e. The van der Waals surface area contributed by atoms with Crippen molar-refractivity contribution in [2.75, 3.05) is 13.1 Å². The molecule has 0 saturated heterocycles. The Morgan fingerprint density at radius 1 is 1.30 bits per heavy atom. The molecular weight excluding hydrogens is 286 g/mol. The van der Waals surface area contributed by atoms with Crippen molar-refractivity contribution in [2.45, 2.75) is 57.7 Å². The normalized spacial score (nSPS) is 26.3. The summed E-state index contributed by atoms with van der Waals surface area (Å²) in [5, 5.41) is 3.28. The second-order valence-corrected chi connectivity index (χ2v) is 7.06. The Kier molecular flexibility index (Phi) is 5.34. The Labute approximate surface area is 139 Å². The van der Waals surface area contributed by atoms with E-state index in [0.29, 0.717) is 12.5 Å². The number of nitrogens with two attached hydrogens (primary N) is 1. The molecule has 2 aliphatic rings. The van der Waals surface area contributed by atoms with Gasteiger partial charge in [-0.05, 0) is 49.8 Å². The standard InChI is InChI=1S/C19H29N3O/c1-14(19(23)21-18-9-5-4-7-16(18)12-20)22-11-10-15-6-2-3-8-17(15)13-22/h2-3,6,8,14,16,18H,4-5,7,9-13,20H2,1H3,(H,21,23). The summed E-state index contributed by atoms with van der Waals surface area (Å²) in [5.41, 5.74) is 8.66. The zero-order valence-electron chi connectivity index (χ0n) is 14.1. The summed E-state index contributed by atoms with van der Waals surface area (Å²) in [5.74, 6) is 0.608. The van der Waals surface area contributed by atoms with E-state index < -0.39 is 0 Å².